The number of anilines is 1. The van der Waals surface area contributed by atoms with Crippen LogP contribution in [0.25, 0.3) is 0 Å². The number of aryl methyl sites for hydroxylation is 1. The molecule has 0 aliphatic carbocycles. The van der Waals surface area contributed by atoms with Crippen LogP contribution in [-0.2, 0) is 23.1 Å². The monoisotopic (exact) mass is 458 g/mol. The van der Waals surface area contributed by atoms with Gasteiger partial charge in [0, 0.05) is 33.4 Å². The average Bonchev–Trinajstić information content (AvgIpc) is 2.89. The van der Waals surface area contributed by atoms with Gasteiger partial charge in [-0.2, -0.15) is 5.10 Å². The summed E-state index contributed by atoms with van der Waals surface area (Å²) in [5.74, 6) is 0. The van der Waals surface area contributed by atoms with E-state index >= 15 is 0 Å². The molecule has 0 aliphatic rings. The predicted molar refractivity (Wildman–Crippen MR) is 113 cm³/mol. The van der Waals surface area contributed by atoms with Gasteiger partial charge in [-0.25, -0.2) is 18.2 Å². The van der Waals surface area contributed by atoms with E-state index in [0.717, 1.165) is 22.5 Å². The Hall–Kier alpha value is -1.77. The Bertz CT molecular complexity index is 1090. The lowest BCUT2D eigenvalue weighted by molar-refractivity contribution is 0.598. The smallest absolute Gasteiger partial charge is 0.238 e. The van der Waals surface area contributed by atoms with Crippen LogP contribution < -0.4 is 10.5 Å². The van der Waals surface area contributed by atoms with Crippen LogP contribution in [0.15, 0.2) is 47.4 Å². The van der Waals surface area contributed by atoms with Gasteiger partial charge in [0.15, 0.2) is 0 Å². The average molecular weight is 460 g/mol. The molecule has 0 fully saturated rings. The molecule has 0 aliphatic heterocycles. The van der Waals surface area contributed by atoms with Crippen molar-refractivity contribution in [3.8, 4) is 0 Å². The van der Waals surface area contributed by atoms with Gasteiger partial charge in [-0.15, -0.1) is 0 Å². The minimum Gasteiger partial charge on any atom is -0.381 e. The van der Waals surface area contributed by atoms with Crippen molar-refractivity contribution in [3.63, 3.8) is 0 Å². The molecule has 3 N–H and O–H groups in total. The van der Waals surface area contributed by atoms with Crippen LogP contribution in [0.2, 0.25) is 15.2 Å². The van der Waals surface area contributed by atoms with Gasteiger partial charge in [-0.3, -0.25) is 0 Å². The van der Waals surface area contributed by atoms with E-state index in [1.54, 1.807) is 35.0 Å². The summed E-state index contributed by atoms with van der Waals surface area (Å²) < 4.78 is 24.3. The summed E-state index contributed by atoms with van der Waals surface area (Å²) in [6, 6.07) is 11.5. The molecule has 10 heteroatoms. The molecule has 3 aromatic rings. The molecule has 0 saturated carbocycles. The van der Waals surface area contributed by atoms with Crippen LogP contribution >= 0.6 is 34.8 Å². The molecule has 0 saturated heterocycles. The number of nitrogens with two attached hydrogens (primary N) is 1. The van der Waals surface area contributed by atoms with Gasteiger partial charge in [-0.1, -0.05) is 40.9 Å². The van der Waals surface area contributed by atoms with Crippen molar-refractivity contribution in [3.05, 3.63) is 74.5 Å². The normalized spacial score (nSPS) is 11.6. The van der Waals surface area contributed by atoms with E-state index < -0.39 is 10.0 Å². The molecular formula is C18H17Cl3N4O2S. The highest BCUT2D eigenvalue weighted by molar-refractivity contribution is 7.89. The van der Waals surface area contributed by atoms with E-state index in [1.165, 1.54) is 12.1 Å². The number of sulfonamides is 1. The van der Waals surface area contributed by atoms with Crippen molar-refractivity contribution < 1.29 is 8.42 Å². The molecule has 6 nitrogen and oxygen atoms in total. The molecule has 0 atom stereocenters. The highest BCUT2D eigenvalue weighted by Gasteiger charge is 2.16. The van der Waals surface area contributed by atoms with Crippen LogP contribution in [-0.4, -0.2) is 18.2 Å². The van der Waals surface area contributed by atoms with E-state index in [1.807, 2.05) is 6.92 Å². The molecular weight excluding hydrogens is 443 g/mol. The molecule has 148 valence electrons. The minimum absolute atomic E-state index is 0.0525. The largest absolute Gasteiger partial charge is 0.381 e. The Morgan fingerprint density at radius 2 is 1.64 bits per heavy atom. The number of halogens is 3. The maximum atomic E-state index is 11.3. The first-order chi connectivity index (χ1) is 13.2. The summed E-state index contributed by atoms with van der Waals surface area (Å²) >= 11 is 19.0. The molecule has 0 spiro atoms. The third-order valence-electron chi connectivity index (χ3n) is 4.20. The van der Waals surface area contributed by atoms with E-state index in [9.17, 15) is 8.42 Å². The first-order valence-electron chi connectivity index (χ1n) is 8.18. The summed E-state index contributed by atoms with van der Waals surface area (Å²) in [5.41, 5.74) is 3.06. The fraction of sp³-hybridized carbons (Fsp3) is 0.167. The number of benzene rings is 2. The Morgan fingerprint density at radius 1 is 1.04 bits per heavy atom. The zero-order chi connectivity index (χ0) is 20.5. The van der Waals surface area contributed by atoms with Crippen LogP contribution in [0, 0.1) is 6.92 Å². The number of hydrogen-bond acceptors (Lipinski definition) is 4. The molecule has 0 radical (unpaired) electrons. The fourth-order valence-corrected chi connectivity index (χ4v) is 4.02. The molecule has 0 bridgehead atoms. The quantitative estimate of drug-likeness (QED) is 0.569. The first-order valence-corrected chi connectivity index (χ1v) is 10.9. The van der Waals surface area contributed by atoms with Crippen LogP contribution in [0.1, 0.15) is 16.8 Å². The maximum Gasteiger partial charge on any atom is 0.238 e. The van der Waals surface area contributed by atoms with E-state index in [2.05, 4.69) is 10.4 Å². The number of aromatic nitrogens is 2. The Balaban J connectivity index is 1.77. The van der Waals surface area contributed by atoms with E-state index in [-0.39, 0.29) is 4.90 Å². The number of nitrogens with one attached hydrogen (secondary N) is 1. The molecule has 1 heterocycles. The number of primary sulfonamides is 1. The predicted octanol–water partition coefficient (Wildman–Crippen LogP) is 4.46. The second-order valence-electron chi connectivity index (χ2n) is 6.14. The molecule has 3 rings (SSSR count). The minimum atomic E-state index is -3.72. The Morgan fingerprint density at radius 3 is 2.21 bits per heavy atom. The Labute approximate surface area is 178 Å². The van der Waals surface area contributed by atoms with Crippen molar-refractivity contribution in [1.29, 1.82) is 0 Å². The van der Waals surface area contributed by atoms with Crippen molar-refractivity contribution >= 4 is 50.5 Å². The molecule has 2 aromatic carbocycles. The number of nitrogens with zero attached hydrogens (tertiary/aromatic N) is 2. The summed E-state index contributed by atoms with van der Waals surface area (Å²) in [4.78, 5) is 0.0525. The van der Waals surface area contributed by atoms with Crippen molar-refractivity contribution in [2.45, 2.75) is 24.9 Å². The zero-order valence-electron chi connectivity index (χ0n) is 14.8. The van der Waals surface area contributed by atoms with Crippen molar-refractivity contribution in [2.75, 3.05) is 5.32 Å². The van der Waals surface area contributed by atoms with Crippen molar-refractivity contribution in [2.24, 2.45) is 5.14 Å². The number of hydrogen-bond donors (Lipinski definition) is 2. The van der Waals surface area contributed by atoms with Crippen LogP contribution in [0.4, 0.5) is 5.69 Å². The number of rotatable bonds is 6. The zero-order valence-corrected chi connectivity index (χ0v) is 17.9. The lowest BCUT2D eigenvalue weighted by Gasteiger charge is -2.09. The van der Waals surface area contributed by atoms with E-state index in [4.69, 9.17) is 39.9 Å². The van der Waals surface area contributed by atoms with Gasteiger partial charge in [0.25, 0.3) is 0 Å². The third kappa shape index (κ3) is 4.61. The van der Waals surface area contributed by atoms with Crippen LogP contribution in [0.3, 0.4) is 0 Å². The first kappa shape index (κ1) is 21.0. The highest BCUT2D eigenvalue weighted by atomic mass is 35.5. The molecule has 1 aromatic heterocycles. The summed E-state index contributed by atoms with van der Waals surface area (Å²) in [6.07, 6.45) is 0. The van der Waals surface area contributed by atoms with E-state index in [0.29, 0.717) is 28.3 Å². The third-order valence-corrected chi connectivity index (χ3v) is 6.27. The topological polar surface area (TPSA) is 90.0 Å². The van der Waals surface area contributed by atoms with Crippen molar-refractivity contribution in [1.82, 2.24) is 9.78 Å². The Kier molecular flexibility index (Phi) is 6.21. The summed E-state index contributed by atoms with van der Waals surface area (Å²) in [7, 11) is -3.72. The summed E-state index contributed by atoms with van der Waals surface area (Å²) in [6.45, 7) is 2.62. The fourth-order valence-electron chi connectivity index (χ4n) is 2.68. The second-order valence-corrected chi connectivity index (χ2v) is 8.87. The lowest BCUT2D eigenvalue weighted by atomic mass is 10.2. The lowest BCUT2D eigenvalue weighted by Crippen LogP contribution is -2.12. The van der Waals surface area contributed by atoms with Crippen LogP contribution in [0.5, 0.6) is 0 Å². The maximum absolute atomic E-state index is 11.3. The van der Waals surface area contributed by atoms with Gasteiger partial charge in [0.05, 0.1) is 17.1 Å². The van der Waals surface area contributed by atoms with Gasteiger partial charge in [0.1, 0.15) is 5.15 Å². The van der Waals surface area contributed by atoms with Gasteiger partial charge < -0.3 is 5.32 Å². The second kappa shape index (κ2) is 8.31. The highest BCUT2D eigenvalue weighted by Crippen LogP contribution is 2.28. The molecule has 28 heavy (non-hydrogen) atoms. The summed E-state index contributed by atoms with van der Waals surface area (Å²) in [5, 5.41) is 14.3. The van der Waals surface area contributed by atoms with Gasteiger partial charge >= 0.3 is 0 Å². The van der Waals surface area contributed by atoms with Gasteiger partial charge in [-0.05, 0) is 43.3 Å². The van der Waals surface area contributed by atoms with Gasteiger partial charge in [0.2, 0.25) is 10.0 Å². The molecule has 0 unspecified atom stereocenters. The standard InChI is InChI=1S/C18H17Cl3N4O2S/c1-11-14(9-23-12-5-7-13(8-6-12)28(22,26)27)18(21)25(24-11)10-15-16(19)3-2-4-17(15)20/h2-8,23H,9-10H2,1H3,(H2,22,26,27). The molecule has 0 amide bonds. The SMILES string of the molecule is Cc1nn(Cc2c(Cl)cccc2Cl)c(Cl)c1CNc1ccc(S(N)(=O)=O)cc1.